The molecule has 0 bridgehead atoms. The molecule has 1 atom stereocenters. The fraction of sp³-hybridized carbons (Fsp3) is 0.588. The van der Waals surface area contributed by atoms with Crippen molar-refractivity contribution in [1.29, 1.82) is 0 Å². The normalized spacial score (nSPS) is 19.2. The molecule has 2 aromatic rings. The van der Waals surface area contributed by atoms with Gasteiger partial charge in [0.1, 0.15) is 5.69 Å². The highest BCUT2D eigenvalue weighted by atomic mass is 32.2. The first kappa shape index (κ1) is 18.0. The van der Waals surface area contributed by atoms with Crippen LogP contribution >= 0.6 is 0 Å². The van der Waals surface area contributed by atoms with E-state index in [9.17, 15) is 8.42 Å². The van der Waals surface area contributed by atoms with Gasteiger partial charge in [-0.05, 0) is 37.7 Å². The molecule has 1 fully saturated rings. The molecular formula is C17H25N5O2S. The van der Waals surface area contributed by atoms with E-state index in [0.717, 1.165) is 49.3 Å². The molecule has 7 nitrogen and oxygen atoms in total. The van der Waals surface area contributed by atoms with Crippen molar-refractivity contribution in [2.24, 2.45) is 5.92 Å². The molecular weight excluding hydrogens is 338 g/mol. The van der Waals surface area contributed by atoms with Crippen LogP contribution in [0.2, 0.25) is 0 Å². The van der Waals surface area contributed by atoms with Crippen molar-refractivity contribution in [3.63, 3.8) is 0 Å². The van der Waals surface area contributed by atoms with E-state index in [1.165, 1.54) is 6.26 Å². The molecule has 0 N–H and O–H groups in total. The van der Waals surface area contributed by atoms with Gasteiger partial charge in [-0.3, -0.25) is 14.6 Å². The number of aryl methyl sites for hydroxylation is 1. The van der Waals surface area contributed by atoms with Gasteiger partial charge in [-0.25, -0.2) is 12.7 Å². The van der Waals surface area contributed by atoms with Gasteiger partial charge in [-0.2, -0.15) is 5.10 Å². The van der Waals surface area contributed by atoms with Gasteiger partial charge in [0.2, 0.25) is 10.0 Å². The molecule has 3 rings (SSSR count). The Morgan fingerprint density at radius 1 is 1.28 bits per heavy atom. The summed E-state index contributed by atoms with van der Waals surface area (Å²) in [7, 11) is -3.11. The first-order valence-electron chi connectivity index (χ1n) is 8.75. The number of nitrogens with zero attached hydrogens (tertiary/aromatic N) is 5. The maximum Gasteiger partial charge on any atom is 0.211 e. The van der Waals surface area contributed by atoms with Crippen LogP contribution in [0.25, 0.3) is 11.4 Å². The van der Waals surface area contributed by atoms with E-state index in [0.29, 0.717) is 19.0 Å². The van der Waals surface area contributed by atoms with Crippen molar-refractivity contribution in [2.75, 3.05) is 19.3 Å². The molecule has 8 heteroatoms. The second-order valence-electron chi connectivity index (χ2n) is 6.67. The Labute approximate surface area is 149 Å². The summed E-state index contributed by atoms with van der Waals surface area (Å²) in [6.07, 6.45) is 10.4. The lowest BCUT2D eigenvalue weighted by atomic mass is 9.95. The molecule has 136 valence electrons. The van der Waals surface area contributed by atoms with Gasteiger partial charge in [-0.15, -0.1) is 0 Å². The number of hydrogen-bond donors (Lipinski definition) is 0. The molecule has 1 saturated heterocycles. The molecule has 0 spiro atoms. The van der Waals surface area contributed by atoms with E-state index < -0.39 is 10.0 Å². The van der Waals surface area contributed by atoms with Gasteiger partial charge in [0.15, 0.2) is 0 Å². The Morgan fingerprint density at radius 3 is 2.80 bits per heavy atom. The zero-order valence-electron chi connectivity index (χ0n) is 14.8. The summed E-state index contributed by atoms with van der Waals surface area (Å²) in [6, 6.07) is 1.95. The lowest BCUT2D eigenvalue weighted by molar-refractivity contribution is 0.265. The Balaban J connectivity index is 1.67. The Hall–Kier alpha value is -1.80. The number of aromatic nitrogens is 4. The predicted octanol–water partition coefficient (Wildman–Crippen LogP) is 1.96. The molecule has 3 heterocycles. The largest absolute Gasteiger partial charge is 0.263 e. The van der Waals surface area contributed by atoms with E-state index >= 15 is 0 Å². The minimum atomic E-state index is -3.11. The summed E-state index contributed by atoms with van der Waals surface area (Å²) < 4.78 is 27.0. The average molecular weight is 363 g/mol. The van der Waals surface area contributed by atoms with Crippen LogP contribution < -0.4 is 0 Å². The zero-order chi connectivity index (χ0) is 17.9. The Bertz CT molecular complexity index is 801. The minimum Gasteiger partial charge on any atom is -0.263 e. The average Bonchev–Trinajstić information content (AvgIpc) is 3.04. The SMILES string of the molecule is CCCn1nccc1-c1cnc(CC2CCCN(S(C)(=O)=O)C2)cn1. The Kier molecular flexibility index (Phi) is 5.48. The van der Waals surface area contributed by atoms with Crippen LogP contribution in [-0.4, -0.2) is 51.8 Å². The highest BCUT2D eigenvalue weighted by Gasteiger charge is 2.26. The smallest absolute Gasteiger partial charge is 0.211 e. The monoisotopic (exact) mass is 363 g/mol. The molecule has 0 aromatic carbocycles. The first-order valence-corrected chi connectivity index (χ1v) is 10.6. The summed E-state index contributed by atoms with van der Waals surface area (Å²) in [5, 5.41) is 4.32. The van der Waals surface area contributed by atoms with Gasteiger partial charge in [0, 0.05) is 32.0 Å². The van der Waals surface area contributed by atoms with Gasteiger partial charge in [0.25, 0.3) is 0 Å². The van der Waals surface area contributed by atoms with E-state index in [4.69, 9.17) is 0 Å². The Morgan fingerprint density at radius 2 is 2.12 bits per heavy atom. The molecule has 0 aliphatic carbocycles. The van der Waals surface area contributed by atoms with E-state index in [-0.39, 0.29) is 0 Å². The molecule has 1 aliphatic heterocycles. The summed E-state index contributed by atoms with van der Waals surface area (Å²) in [6.45, 7) is 4.17. The number of hydrogen-bond acceptors (Lipinski definition) is 5. The second-order valence-corrected chi connectivity index (χ2v) is 8.65. The number of rotatable bonds is 6. The van der Waals surface area contributed by atoms with E-state index in [1.54, 1.807) is 22.9 Å². The standard InChI is InChI=1S/C17H25N5O2S/c1-3-8-22-17(6-7-20-22)16-12-18-15(11-19-16)10-14-5-4-9-21(13-14)25(2,23)24/h6-7,11-12,14H,3-5,8-10,13H2,1-2H3. The first-order chi connectivity index (χ1) is 12.0. The molecule has 0 saturated carbocycles. The molecule has 2 aromatic heterocycles. The zero-order valence-corrected chi connectivity index (χ0v) is 15.6. The van der Waals surface area contributed by atoms with Crippen molar-refractivity contribution >= 4 is 10.0 Å². The number of piperidine rings is 1. The fourth-order valence-corrected chi connectivity index (χ4v) is 4.27. The summed E-state index contributed by atoms with van der Waals surface area (Å²) in [5.41, 5.74) is 2.70. The maximum atomic E-state index is 11.7. The topological polar surface area (TPSA) is 81.0 Å². The predicted molar refractivity (Wildman–Crippen MR) is 96.4 cm³/mol. The minimum absolute atomic E-state index is 0.300. The van der Waals surface area contributed by atoms with Gasteiger partial charge in [0.05, 0.1) is 23.8 Å². The van der Waals surface area contributed by atoms with Crippen LogP contribution in [0.15, 0.2) is 24.7 Å². The van der Waals surface area contributed by atoms with E-state index in [2.05, 4.69) is 22.0 Å². The molecule has 0 radical (unpaired) electrons. The van der Waals surface area contributed by atoms with Crippen LogP contribution in [0.5, 0.6) is 0 Å². The van der Waals surface area contributed by atoms with Crippen molar-refractivity contribution in [3.8, 4) is 11.4 Å². The fourth-order valence-electron chi connectivity index (χ4n) is 3.32. The van der Waals surface area contributed by atoms with Gasteiger partial charge >= 0.3 is 0 Å². The molecule has 1 unspecified atom stereocenters. The second kappa shape index (κ2) is 7.61. The van der Waals surface area contributed by atoms with Crippen LogP contribution in [0.1, 0.15) is 31.9 Å². The van der Waals surface area contributed by atoms with Crippen molar-refractivity contribution in [2.45, 2.75) is 39.2 Å². The lowest BCUT2D eigenvalue weighted by Crippen LogP contribution is -2.39. The third-order valence-electron chi connectivity index (χ3n) is 4.57. The van der Waals surface area contributed by atoms with Gasteiger partial charge < -0.3 is 0 Å². The maximum absolute atomic E-state index is 11.7. The summed E-state index contributed by atoms with van der Waals surface area (Å²) >= 11 is 0. The highest BCUT2D eigenvalue weighted by molar-refractivity contribution is 7.88. The van der Waals surface area contributed by atoms with Crippen molar-refractivity contribution in [3.05, 3.63) is 30.4 Å². The summed E-state index contributed by atoms with van der Waals surface area (Å²) in [4.78, 5) is 9.09. The molecule has 1 aliphatic rings. The molecule has 25 heavy (non-hydrogen) atoms. The van der Waals surface area contributed by atoms with Crippen LogP contribution in [0, 0.1) is 5.92 Å². The van der Waals surface area contributed by atoms with Crippen LogP contribution in [0.3, 0.4) is 0 Å². The third kappa shape index (κ3) is 4.43. The highest BCUT2D eigenvalue weighted by Crippen LogP contribution is 2.22. The number of sulfonamides is 1. The van der Waals surface area contributed by atoms with E-state index in [1.807, 2.05) is 10.7 Å². The van der Waals surface area contributed by atoms with Gasteiger partial charge in [-0.1, -0.05) is 6.92 Å². The van der Waals surface area contributed by atoms with Crippen LogP contribution in [-0.2, 0) is 23.0 Å². The lowest BCUT2D eigenvalue weighted by Gasteiger charge is -2.30. The van der Waals surface area contributed by atoms with Crippen molar-refractivity contribution in [1.82, 2.24) is 24.1 Å². The quantitative estimate of drug-likeness (QED) is 0.784. The molecule has 0 amide bonds. The summed E-state index contributed by atoms with van der Waals surface area (Å²) in [5.74, 6) is 0.300. The van der Waals surface area contributed by atoms with Crippen LogP contribution in [0.4, 0.5) is 0 Å². The van der Waals surface area contributed by atoms with Crippen molar-refractivity contribution < 1.29 is 8.42 Å². The third-order valence-corrected chi connectivity index (χ3v) is 5.84.